The molecule has 0 bridgehead atoms. The summed E-state index contributed by atoms with van der Waals surface area (Å²) in [6, 6.07) is 25.5. The molecule has 65 heavy (non-hydrogen) atoms. The number of carbonyl (C=O) groups excluding carboxylic acids is 4. The molecular weight excluding hydrogens is 886 g/mol. The number of rotatable bonds is 9. The second-order valence-electron chi connectivity index (χ2n) is 16.5. The number of ether oxygens (including phenoxy) is 1. The van der Waals surface area contributed by atoms with Crippen LogP contribution in [0.1, 0.15) is 35.4 Å². The molecule has 0 spiro atoms. The van der Waals surface area contributed by atoms with Crippen molar-refractivity contribution in [2.24, 2.45) is 33.9 Å². The Morgan fingerprint density at radius 2 is 1.52 bits per heavy atom. The smallest absolute Gasteiger partial charge is 0.417 e. The largest absolute Gasteiger partial charge is 0.508 e. The first-order valence-corrected chi connectivity index (χ1v) is 21.2. The van der Waals surface area contributed by atoms with E-state index in [4.69, 9.17) is 27.9 Å². The van der Waals surface area contributed by atoms with Crippen molar-refractivity contribution < 1.29 is 42.2 Å². The lowest BCUT2D eigenvalue weighted by atomic mass is 9.49. The number of anilines is 3. The van der Waals surface area contributed by atoms with Gasteiger partial charge in [0.2, 0.25) is 11.8 Å². The Balaban J connectivity index is 1.12. The number of hydrogen-bond acceptors (Lipinski definition) is 11. The van der Waals surface area contributed by atoms with Gasteiger partial charge < -0.3 is 14.7 Å². The molecule has 5 aromatic rings. The number of amides is 4. The Morgan fingerprint density at radius 1 is 0.862 bits per heavy atom. The second-order valence-corrected chi connectivity index (χ2v) is 17.3. The maximum absolute atomic E-state index is 15.4. The highest BCUT2D eigenvalue weighted by atomic mass is 35.5. The minimum absolute atomic E-state index is 0.0977. The summed E-state index contributed by atoms with van der Waals surface area (Å²) in [5.41, 5.74) is 3.14. The summed E-state index contributed by atoms with van der Waals surface area (Å²) in [6.45, 7) is 0. The summed E-state index contributed by atoms with van der Waals surface area (Å²) in [6.07, 6.45) is -2.45. The van der Waals surface area contributed by atoms with Crippen LogP contribution in [-0.4, -0.2) is 59.9 Å². The zero-order chi connectivity index (χ0) is 46.1. The first kappa shape index (κ1) is 43.5. The van der Waals surface area contributed by atoms with Crippen LogP contribution in [0.3, 0.4) is 0 Å². The van der Waals surface area contributed by atoms with Crippen molar-refractivity contribution in [1.82, 2.24) is 9.99 Å². The van der Waals surface area contributed by atoms with Crippen LogP contribution in [0.2, 0.25) is 10.0 Å². The van der Waals surface area contributed by atoms with Crippen molar-refractivity contribution in [3.63, 3.8) is 0 Å². The van der Waals surface area contributed by atoms with Gasteiger partial charge in [-0.2, -0.15) is 28.4 Å². The highest BCUT2D eigenvalue weighted by Gasteiger charge is 2.70. The molecular formula is C47H38Cl2F3N7O6. The highest BCUT2D eigenvalue weighted by molar-refractivity contribution is 6.33. The van der Waals surface area contributed by atoms with Crippen LogP contribution in [0.15, 0.2) is 125 Å². The number of methoxy groups -OCH3 is 1. The Kier molecular flexibility index (Phi) is 10.9. The Morgan fingerprint density at radius 3 is 2.12 bits per heavy atom. The van der Waals surface area contributed by atoms with Crippen LogP contribution < -0.4 is 20.0 Å². The molecule has 6 atom stereocenters. The number of aromatic nitrogens is 1. The van der Waals surface area contributed by atoms with Crippen molar-refractivity contribution in [3.8, 4) is 11.5 Å². The minimum atomic E-state index is -4.78. The summed E-state index contributed by atoms with van der Waals surface area (Å²) in [5.74, 6) is -7.97. The number of phenols is 1. The quantitative estimate of drug-likeness (QED) is 0.0835. The van der Waals surface area contributed by atoms with E-state index in [9.17, 15) is 32.7 Å². The van der Waals surface area contributed by atoms with Crippen molar-refractivity contribution in [2.45, 2.75) is 30.4 Å². The van der Waals surface area contributed by atoms with E-state index in [0.29, 0.717) is 56.2 Å². The van der Waals surface area contributed by atoms with E-state index in [2.05, 4.69) is 20.6 Å². The molecule has 6 unspecified atom stereocenters. The van der Waals surface area contributed by atoms with Gasteiger partial charge in [-0.05, 0) is 97.1 Å². The summed E-state index contributed by atoms with van der Waals surface area (Å²) in [5, 5.41) is 20.9. The number of nitrogens with zero attached hydrogens (tertiary/aromatic N) is 6. The minimum Gasteiger partial charge on any atom is -0.508 e. The maximum Gasteiger partial charge on any atom is 0.417 e. The summed E-state index contributed by atoms with van der Waals surface area (Å²) < 4.78 is 46.1. The van der Waals surface area contributed by atoms with E-state index in [1.165, 1.54) is 13.2 Å². The van der Waals surface area contributed by atoms with Crippen LogP contribution in [0.25, 0.3) is 0 Å². The number of carbonyl (C=O) groups is 4. The molecule has 2 saturated heterocycles. The van der Waals surface area contributed by atoms with Crippen molar-refractivity contribution in [3.05, 3.63) is 142 Å². The Bertz CT molecular complexity index is 2820. The van der Waals surface area contributed by atoms with E-state index in [1.807, 2.05) is 49.3 Å². The molecule has 4 aromatic carbocycles. The lowest BCUT2D eigenvalue weighted by Crippen LogP contribution is -2.53. The molecule has 332 valence electrons. The zero-order valence-electron chi connectivity index (χ0n) is 34.8. The van der Waals surface area contributed by atoms with E-state index in [1.54, 1.807) is 60.7 Å². The van der Waals surface area contributed by atoms with Gasteiger partial charge in [-0.25, -0.2) is 4.98 Å². The van der Waals surface area contributed by atoms with Crippen molar-refractivity contribution in [1.29, 1.82) is 0 Å². The number of nitrogens with one attached hydrogen (secondary N) is 1. The number of pyridine rings is 1. The van der Waals surface area contributed by atoms with Gasteiger partial charge in [-0.15, -0.1) is 0 Å². The number of alkyl halides is 3. The SMILES string of the molecule is COc1ccc(C2C3=CCC4C(=O)N(c5ccc(N=Nc6ccc(N(C)C)cc6)cc5)C(=O)C4C3CC3C(=O)N(Nc4ncc(C(F)(F)F)cc4Cl)C(=O)C32c2ccc(Cl)cc2)c(O)c1. The number of azo groups is 1. The molecule has 2 aliphatic carbocycles. The van der Waals surface area contributed by atoms with Gasteiger partial charge in [0, 0.05) is 48.5 Å². The molecule has 4 amide bonds. The van der Waals surface area contributed by atoms with Crippen molar-refractivity contribution in [2.75, 3.05) is 36.4 Å². The molecule has 2 N–H and O–H groups in total. The van der Waals surface area contributed by atoms with Gasteiger partial charge in [0.1, 0.15) is 11.5 Å². The first-order valence-electron chi connectivity index (χ1n) is 20.4. The van der Waals surface area contributed by atoms with Gasteiger partial charge in [-0.3, -0.25) is 29.5 Å². The van der Waals surface area contributed by atoms with Crippen LogP contribution in [0.4, 0.5) is 41.7 Å². The fourth-order valence-electron chi connectivity index (χ4n) is 9.88. The number of fused-ring (bicyclic) bond motifs is 4. The fraction of sp³-hybridized carbons (Fsp3) is 0.255. The monoisotopic (exact) mass is 923 g/mol. The number of allylic oxidation sites excluding steroid dienone is 2. The average molecular weight is 925 g/mol. The predicted molar refractivity (Wildman–Crippen MR) is 235 cm³/mol. The van der Waals surface area contributed by atoms with Crippen LogP contribution in [0.5, 0.6) is 11.5 Å². The number of imide groups is 2. The van der Waals surface area contributed by atoms with Crippen LogP contribution in [-0.2, 0) is 30.8 Å². The predicted octanol–water partition coefficient (Wildman–Crippen LogP) is 9.79. The highest BCUT2D eigenvalue weighted by Crippen LogP contribution is 2.65. The third-order valence-corrected chi connectivity index (χ3v) is 13.4. The molecule has 1 aromatic heterocycles. The first-order chi connectivity index (χ1) is 31.0. The Hall–Kier alpha value is -6.78. The van der Waals surface area contributed by atoms with Gasteiger partial charge in [0.05, 0.1) is 57.9 Å². The third-order valence-electron chi connectivity index (χ3n) is 12.9. The van der Waals surface area contributed by atoms with Gasteiger partial charge in [0.25, 0.3) is 11.8 Å². The molecule has 4 aliphatic rings. The van der Waals surface area contributed by atoms with Crippen LogP contribution in [0, 0.1) is 23.7 Å². The summed E-state index contributed by atoms with van der Waals surface area (Å²) >= 11 is 12.7. The maximum atomic E-state index is 15.4. The topological polar surface area (TPSA) is 157 Å². The average Bonchev–Trinajstić information content (AvgIpc) is 3.67. The molecule has 2 aliphatic heterocycles. The summed E-state index contributed by atoms with van der Waals surface area (Å²) in [4.78, 5) is 66.5. The normalized spacial score (nSPS) is 23.9. The molecule has 13 nitrogen and oxygen atoms in total. The van der Waals surface area contributed by atoms with Crippen molar-refractivity contribution >= 4 is 75.4 Å². The number of aromatic hydroxyl groups is 1. The molecule has 3 heterocycles. The third kappa shape index (κ3) is 7.24. The lowest BCUT2D eigenvalue weighted by Gasteiger charge is -2.50. The number of halogens is 5. The standard InChI is InChI=1S/C47H38Cl2F3N7O6/c1-57(2)29-12-8-27(9-13-29)54-55-28-10-14-30(15-11-28)58-42(61)34-19-18-32-35(39(34)44(58)63)22-36-43(62)59(56-41-37(49)20-25(23-53-41)47(50,51)52)45(64)46(36,24-4-6-26(48)7-5-24)40(32)33-17-16-31(65-3)21-38(33)60/h4-18,20-21,23,34-36,39-40,60H,19,22H2,1-3H3,(H,53,56). The van der Waals surface area contributed by atoms with Gasteiger partial charge in [-0.1, -0.05) is 53.1 Å². The molecule has 0 radical (unpaired) electrons. The zero-order valence-corrected chi connectivity index (χ0v) is 36.3. The molecule has 18 heteroatoms. The van der Waals surface area contributed by atoms with Crippen LogP contribution >= 0.6 is 23.2 Å². The molecule has 9 rings (SSSR count). The van der Waals surface area contributed by atoms with E-state index >= 15 is 4.79 Å². The molecule has 1 saturated carbocycles. The number of hydrazine groups is 1. The molecule has 3 fully saturated rings. The van der Waals surface area contributed by atoms with Gasteiger partial charge in [0.15, 0.2) is 5.82 Å². The fourth-order valence-corrected chi connectivity index (χ4v) is 10.2. The Labute approximate surface area is 380 Å². The number of hydrogen-bond donors (Lipinski definition) is 2. The van der Waals surface area contributed by atoms with E-state index in [-0.39, 0.29) is 24.2 Å². The summed E-state index contributed by atoms with van der Waals surface area (Å²) in [7, 11) is 5.28. The number of benzene rings is 4. The number of phenolic OH excluding ortho intramolecular Hbond substituents is 1. The van der Waals surface area contributed by atoms with Gasteiger partial charge >= 0.3 is 6.18 Å². The van der Waals surface area contributed by atoms with E-state index < -0.39 is 81.2 Å². The second kappa shape index (κ2) is 16.3. The van der Waals surface area contributed by atoms with E-state index in [0.717, 1.165) is 10.6 Å². The lowest BCUT2D eigenvalue weighted by molar-refractivity contribution is -0.139.